The van der Waals surface area contributed by atoms with Gasteiger partial charge in [-0.15, -0.1) is 0 Å². The van der Waals surface area contributed by atoms with Gasteiger partial charge in [-0.25, -0.2) is 0 Å². The van der Waals surface area contributed by atoms with Crippen LogP contribution in [-0.2, 0) is 587 Å². The van der Waals surface area contributed by atoms with E-state index in [1.807, 2.05) is 0 Å². The largest absolute Gasteiger partial charge is 0 e. The summed E-state index contributed by atoms with van der Waals surface area (Å²) < 4.78 is 0. The summed E-state index contributed by atoms with van der Waals surface area (Å²) in [5.41, 5.74) is 0. The van der Waals surface area contributed by atoms with E-state index in [1.54, 1.807) is 0 Å². The predicted molar refractivity (Wildman–Crippen MR) is 0 cm³/mol. The molecule has 0 aromatic rings. The van der Waals surface area contributed by atoms with Crippen molar-refractivity contribution in [2.45, 2.75) is 0 Å². The molecule has 35 heteroatoms. The third-order valence-corrected chi connectivity index (χ3v) is 0. The van der Waals surface area contributed by atoms with E-state index in [0.717, 1.165) is 0 Å². The van der Waals surface area contributed by atoms with Gasteiger partial charge < -0.3 is 0 Å². The maximum atomic E-state index is 0. The Bertz CT molecular complexity index is 0. The van der Waals surface area contributed by atoms with Crippen LogP contribution in [0.15, 0.2) is 0 Å². The van der Waals surface area contributed by atoms with Gasteiger partial charge in [-0.3, -0.25) is 0 Å². The zero-order valence-electron chi connectivity index (χ0n) is 11.7. The Kier molecular flexibility index (Phi) is 5430. The van der Waals surface area contributed by atoms with Gasteiger partial charge in [0, 0.05) is 587 Å². The first kappa shape index (κ1) is 449. The fourth-order valence-corrected chi connectivity index (χ4v) is 0. The minimum absolute atomic E-state index is 0. The number of hydrogen-bond acceptors (Lipinski definition) is 0. The van der Waals surface area contributed by atoms with Crippen LogP contribution >= 0.6 is 0 Å². The summed E-state index contributed by atoms with van der Waals surface area (Å²) in [6.45, 7) is 0. The molecule has 0 N–H and O–H groups in total. The summed E-state index contributed by atoms with van der Waals surface area (Å²) in [7, 11) is 0. The minimum Gasteiger partial charge on any atom is 0 e. The van der Waals surface area contributed by atoms with Crippen LogP contribution in [-0.4, -0.2) is 0 Å². The van der Waals surface area contributed by atoms with Gasteiger partial charge in [-0.1, -0.05) is 0 Å². The Morgan fingerprint density at radius 1 is 0.0286 bits per heavy atom. The first-order valence-corrected chi connectivity index (χ1v) is 0. The molecule has 0 aliphatic heterocycles. The molecule has 0 fully saturated rings. The fourth-order valence-electron chi connectivity index (χ4n) is 0. The second-order valence-electron chi connectivity index (χ2n) is 0. The number of rotatable bonds is 0. The fraction of sp³-hybridized carbons (Fsp3) is 0. The molecule has 35 heavy (non-hydrogen) atoms. The van der Waals surface area contributed by atoms with Crippen LogP contribution in [0, 0.1) is 0 Å². The van der Waals surface area contributed by atoms with Gasteiger partial charge >= 0.3 is 0 Å². The van der Waals surface area contributed by atoms with Crippen LogP contribution in [0.2, 0.25) is 0 Å². The quantitative estimate of drug-likeness (QED) is 0.319. The van der Waals surface area contributed by atoms with E-state index in [1.165, 1.54) is 0 Å². The molecular weight excluding hydrogens is 2060 g/mol. The molecule has 0 aliphatic rings. The van der Waals surface area contributed by atoms with E-state index in [9.17, 15) is 0 Å². The zero-order chi connectivity index (χ0) is 0. The molecule has 0 aliphatic carbocycles. The molecule has 35 radical (unpaired) electrons. The molecule has 0 amide bonds. The van der Waals surface area contributed by atoms with Gasteiger partial charge in [0.1, 0.15) is 0 Å². The molecule has 0 saturated carbocycles. The van der Waals surface area contributed by atoms with Crippen molar-refractivity contribution in [1.82, 2.24) is 0 Å². The van der Waals surface area contributed by atoms with Gasteiger partial charge in [0.2, 0.25) is 0 Å². The van der Waals surface area contributed by atoms with Gasteiger partial charge in [0.25, 0.3) is 0 Å². The summed E-state index contributed by atoms with van der Waals surface area (Å²) in [6.07, 6.45) is 0. The minimum atomic E-state index is 0. The predicted octanol–water partition coefficient (Wildman–Crippen LogP) is -0.0875. The molecule has 0 bridgehead atoms. The Balaban J connectivity index is 0. The molecule has 0 saturated heterocycles. The third kappa shape index (κ3) is 407. The van der Waals surface area contributed by atoms with Gasteiger partial charge in [-0.2, -0.15) is 0 Å². The molecular formula is Co35. The van der Waals surface area contributed by atoms with Crippen LogP contribution in [0.1, 0.15) is 0 Å². The van der Waals surface area contributed by atoms with Gasteiger partial charge in [0.05, 0.1) is 0 Å². The summed E-state index contributed by atoms with van der Waals surface area (Å²) in [4.78, 5) is 0. The van der Waals surface area contributed by atoms with Crippen molar-refractivity contribution in [3.05, 3.63) is 0 Å². The van der Waals surface area contributed by atoms with Crippen molar-refractivity contribution in [3.63, 3.8) is 0 Å². The maximum Gasteiger partial charge on any atom is 0 e. The maximum absolute atomic E-state index is 0. The third-order valence-electron chi connectivity index (χ3n) is 0. The normalized spacial score (nSPS) is 0. The second kappa shape index (κ2) is 424. The molecule has 315 valence electrons. The van der Waals surface area contributed by atoms with Gasteiger partial charge in [-0.05, 0) is 0 Å². The van der Waals surface area contributed by atoms with E-state index < -0.39 is 0 Å². The molecule has 0 aromatic heterocycles. The van der Waals surface area contributed by atoms with Crippen LogP contribution in [0.3, 0.4) is 0 Å². The SMILES string of the molecule is [Co].[Co].[Co].[Co].[Co].[Co].[Co].[Co].[Co].[Co].[Co].[Co].[Co].[Co].[Co].[Co].[Co].[Co].[Co].[Co].[Co].[Co].[Co].[Co].[Co].[Co].[Co].[Co].[Co].[Co].[Co].[Co].[Co].[Co].[Co]. The van der Waals surface area contributed by atoms with E-state index in [2.05, 4.69) is 0 Å². The summed E-state index contributed by atoms with van der Waals surface area (Å²) >= 11 is 0. The van der Waals surface area contributed by atoms with Crippen LogP contribution in [0.4, 0.5) is 0 Å². The van der Waals surface area contributed by atoms with Crippen molar-refractivity contribution in [2.24, 2.45) is 0 Å². The first-order chi connectivity index (χ1) is 0. The van der Waals surface area contributed by atoms with Crippen molar-refractivity contribution in [1.29, 1.82) is 0 Å². The monoisotopic (exact) mass is 2060 g/mol. The van der Waals surface area contributed by atoms with Crippen molar-refractivity contribution >= 4 is 0 Å². The summed E-state index contributed by atoms with van der Waals surface area (Å²) in [6, 6.07) is 0. The Morgan fingerprint density at radius 3 is 0.0286 bits per heavy atom. The van der Waals surface area contributed by atoms with E-state index in [-0.39, 0.29) is 587 Å². The molecule has 0 heterocycles. The second-order valence-corrected chi connectivity index (χ2v) is 0. The van der Waals surface area contributed by atoms with E-state index >= 15 is 0 Å². The average Bonchev–Trinajstić information content (AvgIpc) is 0. The molecule has 0 spiro atoms. The average molecular weight is 2060 g/mol. The number of hydrogen-bond donors (Lipinski definition) is 0. The molecule has 0 rings (SSSR count). The molecule has 0 atom stereocenters. The summed E-state index contributed by atoms with van der Waals surface area (Å²) in [5.74, 6) is 0. The van der Waals surface area contributed by atoms with Crippen molar-refractivity contribution < 1.29 is 587 Å². The Hall–Kier alpha value is 17.7. The van der Waals surface area contributed by atoms with Gasteiger partial charge in [0.15, 0.2) is 0 Å². The topological polar surface area (TPSA) is 0 Å². The Morgan fingerprint density at radius 2 is 0.0286 bits per heavy atom. The standard InChI is InChI=1S/35Co. The molecule has 0 unspecified atom stereocenters. The zero-order valence-corrected chi connectivity index (χ0v) is 48.1. The van der Waals surface area contributed by atoms with E-state index in [0.29, 0.717) is 0 Å². The van der Waals surface area contributed by atoms with Crippen LogP contribution < -0.4 is 0 Å². The Labute approximate surface area is 573 Å². The van der Waals surface area contributed by atoms with Crippen LogP contribution in [0.25, 0.3) is 0 Å². The molecule has 0 aromatic carbocycles. The molecule has 0 nitrogen and oxygen atoms in total. The van der Waals surface area contributed by atoms with Crippen LogP contribution in [0.5, 0.6) is 0 Å². The first-order valence-electron chi connectivity index (χ1n) is 0. The van der Waals surface area contributed by atoms with E-state index in [4.69, 9.17) is 0 Å². The van der Waals surface area contributed by atoms with Crippen molar-refractivity contribution in [3.8, 4) is 0 Å². The smallest absolute Gasteiger partial charge is 0 e. The van der Waals surface area contributed by atoms with Crippen molar-refractivity contribution in [2.75, 3.05) is 0 Å². The summed E-state index contributed by atoms with van der Waals surface area (Å²) in [5, 5.41) is 0.